The Morgan fingerprint density at radius 1 is 1.10 bits per heavy atom. The Kier molecular flexibility index (Phi) is 6.55. The molecular formula is C19H38N2. The van der Waals surface area contributed by atoms with E-state index < -0.39 is 0 Å². The van der Waals surface area contributed by atoms with Gasteiger partial charge < -0.3 is 5.32 Å². The van der Waals surface area contributed by atoms with E-state index in [1.165, 1.54) is 64.5 Å². The Balaban J connectivity index is 2.00. The minimum Gasteiger partial charge on any atom is -0.313 e. The third-order valence-electron chi connectivity index (χ3n) is 5.93. The van der Waals surface area contributed by atoms with Crippen molar-refractivity contribution in [3.8, 4) is 0 Å². The van der Waals surface area contributed by atoms with Gasteiger partial charge in [-0.05, 0) is 69.5 Å². The highest BCUT2D eigenvalue weighted by molar-refractivity contribution is 4.92. The molecule has 3 atom stereocenters. The molecule has 1 aliphatic heterocycles. The second kappa shape index (κ2) is 7.97. The maximum Gasteiger partial charge on any atom is 0.0251 e. The fourth-order valence-corrected chi connectivity index (χ4v) is 4.58. The molecule has 2 aliphatic rings. The lowest BCUT2D eigenvalue weighted by molar-refractivity contribution is 0.0946. The third kappa shape index (κ3) is 4.96. The van der Waals surface area contributed by atoms with E-state index in [0.717, 1.165) is 24.5 Å². The Hall–Kier alpha value is -0.0800. The van der Waals surface area contributed by atoms with Gasteiger partial charge >= 0.3 is 0 Å². The maximum atomic E-state index is 3.79. The Morgan fingerprint density at radius 3 is 2.62 bits per heavy atom. The molecule has 0 amide bonds. The summed E-state index contributed by atoms with van der Waals surface area (Å²) >= 11 is 0. The van der Waals surface area contributed by atoms with Crippen LogP contribution in [0.1, 0.15) is 79.1 Å². The van der Waals surface area contributed by atoms with Gasteiger partial charge in [-0.25, -0.2) is 0 Å². The van der Waals surface area contributed by atoms with Crippen LogP contribution < -0.4 is 5.32 Å². The number of nitrogens with one attached hydrogen (secondary N) is 1. The van der Waals surface area contributed by atoms with Crippen molar-refractivity contribution in [2.75, 3.05) is 19.6 Å². The summed E-state index contributed by atoms with van der Waals surface area (Å²) in [6.07, 6.45) is 11.2. The zero-order valence-electron chi connectivity index (χ0n) is 15.0. The molecule has 1 aliphatic carbocycles. The number of hydrogen-bond donors (Lipinski definition) is 1. The van der Waals surface area contributed by atoms with E-state index in [4.69, 9.17) is 0 Å². The monoisotopic (exact) mass is 294 g/mol. The zero-order chi connectivity index (χ0) is 15.3. The van der Waals surface area contributed by atoms with Crippen LogP contribution >= 0.6 is 0 Å². The van der Waals surface area contributed by atoms with Crippen LogP contribution in [0.25, 0.3) is 0 Å². The van der Waals surface area contributed by atoms with Crippen molar-refractivity contribution in [1.82, 2.24) is 10.2 Å². The minimum atomic E-state index is 0.555. The van der Waals surface area contributed by atoms with Gasteiger partial charge in [0, 0.05) is 12.1 Å². The summed E-state index contributed by atoms with van der Waals surface area (Å²) in [4.78, 5) is 2.85. The van der Waals surface area contributed by atoms with E-state index in [1.807, 2.05) is 0 Å². The van der Waals surface area contributed by atoms with Gasteiger partial charge in [-0.3, -0.25) is 4.90 Å². The van der Waals surface area contributed by atoms with Crippen LogP contribution in [0.4, 0.5) is 0 Å². The number of nitrogens with zero attached hydrogens (tertiary/aromatic N) is 1. The molecule has 0 aromatic heterocycles. The Bertz CT molecular complexity index is 300. The predicted octanol–water partition coefficient (Wildman–Crippen LogP) is 4.45. The van der Waals surface area contributed by atoms with E-state index in [0.29, 0.717) is 5.41 Å². The maximum absolute atomic E-state index is 3.79. The van der Waals surface area contributed by atoms with Gasteiger partial charge in [-0.15, -0.1) is 0 Å². The highest BCUT2D eigenvalue weighted by atomic mass is 15.2. The standard InChI is InChI=1S/C19H38N2/c1-5-8-16-9-10-17(20-6-2)18(15-16)21-13-7-11-19(3,4)12-14-21/h16-18,20H,5-15H2,1-4H3. The summed E-state index contributed by atoms with van der Waals surface area (Å²) < 4.78 is 0. The summed E-state index contributed by atoms with van der Waals surface area (Å²) in [5.41, 5.74) is 0.555. The van der Waals surface area contributed by atoms with Crippen LogP contribution in [0.2, 0.25) is 0 Å². The molecule has 0 spiro atoms. The molecular weight excluding hydrogens is 256 g/mol. The van der Waals surface area contributed by atoms with Crippen LogP contribution in [0.3, 0.4) is 0 Å². The van der Waals surface area contributed by atoms with Crippen LogP contribution in [0.5, 0.6) is 0 Å². The second-order valence-corrected chi connectivity index (χ2v) is 8.25. The molecule has 0 bridgehead atoms. The first-order valence-corrected chi connectivity index (χ1v) is 9.53. The first-order chi connectivity index (χ1) is 10.1. The molecule has 0 radical (unpaired) electrons. The summed E-state index contributed by atoms with van der Waals surface area (Å²) in [6.45, 7) is 13.3. The average Bonchev–Trinajstić information content (AvgIpc) is 2.62. The lowest BCUT2D eigenvalue weighted by atomic mass is 9.79. The summed E-state index contributed by atoms with van der Waals surface area (Å²) in [5.74, 6) is 0.978. The largest absolute Gasteiger partial charge is 0.313 e. The van der Waals surface area contributed by atoms with E-state index >= 15 is 0 Å². The molecule has 1 saturated heterocycles. The second-order valence-electron chi connectivity index (χ2n) is 8.25. The lowest BCUT2D eigenvalue weighted by Gasteiger charge is -2.43. The van der Waals surface area contributed by atoms with Gasteiger partial charge in [0.2, 0.25) is 0 Å². The molecule has 1 saturated carbocycles. The minimum absolute atomic E-state index is 0.555. The molecule has 2 fully saturated rings. The topological polar surface area (TPSA) is 15.3 Å². The molecule has 0 aromatic rings. The molecule has 2 heteroatoms. The fourth-order valence-electron chi connectivity index (χ4n) is 4.58. The van der Waals surface area contributed by atoms with Crippen LogP contribution in [0.15, 0.2) is 0 Å². The quantitative estimate of drug-likeness (QED) is 0.806. The number of rotatable bonds is 5. The number of likely N-dealkylation sites (tertiary alicyclic amines) is 1. The molecule has 2 rings (SSSR count). The van der Waals surface area contributed by atoms with E-state index in [1.54, 1.807) is 0 Å². The lowest BCUT2D eigenvalue weighted by Crippen LogP contribution is -2.53. The smallest absolute Gasteiger partial charge is 0.0251 e. The first kappa shape index (κ1) is 17.3. The van der Waals surface area contributed by atoms with Crippen LogP contribution in [-0.2, 0) is 0 Å². The first-order valence-electron chi connectivity index (χ1n) is 9.53. The van der Waals surface area contributed by atoms with E-state index in [2.05, 4.69) is 37.9 Å². The molecule has 1 N–H and O–H groups in total. The van der Waals surface area contributed by atoms with Gasteiger partial charge in [0.25, 0.3) is 0 Å². The highest BCUT2D eigenvalue weighted by Gasteiger charge is 2.35. The number of likely N-dealkylation sites (N-methyl/N-ethyl adjacent to an activating group) is 1. The van der Waals surface area contributed by atoms with Gasteiger partial charge in [-0.2, -0.15) is 0 Å². The molecule has 2 nitrogen and oxygen atoms in total. The van der Waals surface area contributed by atoms with Crippen molar-refractivity contribution in [3.63, 3.8) is 0 Å². The third-order valence-corrected chi connectivity index (χ3v) is 5.93. The molecule has 21 heavy (non-hydrogen) atoms. The van der Waals surface area contributed by atoms with Crippen molar-refractivity contribution in [3.05, 3.63) is 0 Å². The van der Waals surface area contributed by atoms with E-state index in [-0.39, 0.29) is 0 Å². The van der Waals surface area contributed by atoms with Crippen molar-refractivity contribution >= 4 is 0 Å². The molecule has 0 aromatic carbocycles. The van der Waals surface area contributed by atoms with Gasteiger partial charge in [-0.1, -0.05) is 40.5 Å². The summed E-state index contributed by atoms with van der Waals surface area (Å²) in [5, 5.41) is 3.79. The molecule has 3 unspecified atom stereocenters. The van der Waals surface area contributed by atoms with E-state index in [9.17, 15) is 0 Å². The van der Waals surface area contributed by atoms with Crippen LogP contribution in [0, 0.1) is 11.3 Å². The van der Waals surface area contributed by atoms with Crippen molar-refractivity contribution in [2.45, 2.75) is 91.1 Å². The van der Waals surface area contributed by atoms with Gasteiger partial charge in [0.15, 0.2) is 0 Å². The SMILES string of the molecule is CCCC1CCC(NCC)C(N2CCCC(C)(C)CC2)C1. The van der Waals surface area contributed by atoms with Crippen molar-refractivity contribution in [2.24, 2.45) is 11.3 Å². The van der Waals surface area contributed by atoms with Gasteiger partial charge in [0.1, 0.15) is 0 Å². The van der Waals surface area contributed by atoms with Gasteiger partial charge in [0.05, 0.1) is 0 Å². The van der Waals surface area contributed by atoms with Crippen molar-refractivity contribution in [1.29, 1.82) is 0 Å². The Morgan fingerprint density at radius 2 is 1.90 bits per heavy atom. The zero-order valence-corrected chi connectivity index (χ0v) is 15.0. The normalized spacial score (nSPS) is 34.6. The Labute approximate surface area is 133 Å². The van der Waals surface area contributed by atoms with Crippen LogP contribution in [-0.4, -0.2) is 36.6 Å². The summed E-state index contributed by atoms with van der Waals surface area (Å²) in [6, 6.07) is 1.54. The molecule has 124 valence electrons. The predicted molar refractivity (Wildman–Crippen MR) is 92.7 cm³/mol. The highest BCUT2D eigenvalue weighted by Crippen LogP contribution is 2.35. The van der Waals surface area contributed by atoms with Crippen molar-refractivity contribution < 1.29 is 0 Å². The number of hydrogen-bond acceptors (Lipinski definition) is 2. The molecule has 1 heterocycles. The fraction of sp³-hybridized carbons (Fsp3) is 1.00. The summed E-state index contributed by atoms with van der Waals surface area (Å²) in [7, 11) is 0. The average molecular weight is 295 g/mol.